The number of aromatic nitrogens is 2. The molecule has 0 amide bonds. The molecule has 0 aliphatic rings. The van der Waals surface area contributed by atoms with Crippen LogP contribution in [0.25, 0.3) is 0 Å². The minimum atomic E-state index is -0.408. The molecule has 0 aliphatic heterocycles. The lowest BCUT2D eigenvalue weighted by atomic mass is 10.2. The van der Waals surface area contributed by atoms with E-state index in [1.165, 1.54) is 13.2 Å². The number of aromatic amines is 1. The molecule has 7 heteroatoms. The summed E-state index contributed by atoms with van der Waals surface area (Å²) in [5.74, 6) is 1.50. The summed E-state index contributed by atoms with van der Waals surface area (Å²) >= 11 is 0. The minimum Gasteiger partial charge on any atom is -0.497 e. The second-order valence-electron chi connectivity index (χ2n) is 4.21. The second kappa shape index (κ2) is 6.55. The van der Waals surface area contributed by atoms with Crippen LogP contribution in [0.15, 0.2) is 30.6 Å². The van der Waals surface area contributed by atoms with Crippen molar-refractivity contribution >= 4 is 11.4 Å². The number of nitro benzene ring substituents is 1. The summed E-state index contributed by atoms with van der Waals surface area (Å²) in [5.41, 5.74) is 0.512. The van der Waals surface area contributed by atoms with Gasteiger partial charge in [0.05, 0.1) is 12.0 Å². The number of ether oxygens (including phenoxy) is 1. The van der Waals surface area contributed by atoms with E-state index in [0.717, 1.165) is 18.7 Å². The minimum absolute atomic E-state index is 0.0452. The Kier molecular flexibility index (Phi) is 4.54. The smallest absolute Gasteiger partial charge is 0.292 e. The van der Waals surface area contributed by atoms with Crippen LogP contribution in [-0.4, -0.2) is 28.5 Å². The zero-order valence-electron chi connectivity index (χ0n) is 11.1. The van der Waals surface area contributed by atoms with Gasteiger partial charge in [0, 0.05) is 37.5 Å². The third-order valence-electron chi connectivity index (χ3n) is 2.86. The fourth-order valence-corrected chi connectivity index (χ4v) is 1.86. The van der Waals surface area contributed by atoms with E-state index in [4.69, 9.17) is 4.74 Å². The summed E-state index contributed by atoms with van der Waals surface area (Å²) in [4.78, 5) is 17.7. The monoisotopic (exact) mass is 276 g/mol. The highest BCUT2D eigenvalue weighted by atomic mass is 16.6. The average molecular weight is 276 g/mol. The molecule has 0 fully saturated rings. The summed E-state index contributed by atoms with van der Waals surface area (Å²) in [7, 11) is 1.53. The lowest BCUT2D eigenvalue weighted by Crippen LogP contribution is -2.06. The fraction of sp³-hybridized carbons (Fsp3) is 0.308. The SMILES string of the molecule is COc1ccc([N+](=O)[O-])c(NCCCc2ncc[nH]2)c1. The molecular weight excluding hydrogens is 260 g/mol. The van der Waals surface area contributed by atoms with Gasteiger partial charge < -0.3 is 15.0 Å². The molecule has 2 aromatic rings. The molecule has 20 heavy (non-hydrogen) atoms. The van der Waals surface area contributed by atoms with E-state index in [-0.39, 0.29) is 5.69 Å². The molecule has 1 aromatic heterocycles. The van der Waals surface area contributed by atoms with Gasteiger partial charge in [0.1, 0.15) is 17.3 Å². The molecule has 106 valence electrons. The van der Waals surface area contributed by atoms with E-state index in [1.54, 1.807) is 24.5 Å². The van der Waals surface area contributed by atoms with Crippen molar-refractivity contribution in [3.63, 3.8) is 0 Å². The van der Waals surface area contributed by atoms with E-state index in [2.05, 4.69) is 15.3 Å². The normalized spacial score (nSPS) is 10.2. The number of methoxy groups -OCH3 is 1. The van der Waals surface area contributed by atoms with Crippen LogP contribution in [0.4, 0.5) is 11.4 Å². The van der Waals surface area contributed by atoms with Crippen molar-refractivity contribution in [1.82, 2.24) is 9.97 Å². The summed E-state index contributed by atoms with van der Waals surface area (Å²) in [6.45, 7) is 0.620. The number of hydrogen-bond donors (Lipinski definition) is 2. The van der Waals surface area contributed by atoms with Gasteiger partial charge in [0.2, 0.25) is 0 Å². The molecule has 2 N–H and O–H groups in total. The first-order valence-electron chi connectivity index (χ1n) is 6.25. The topological polar surface area (TPSA) is 93.1 Å². The summed E-state index contributed by atoms with van der Waals surface area (Å²) in [6.07, 6.45) is 5.09. The number of nitrogens with zero attached hydrogens (tertiary/aromatic N) is 2. The maximum Gasteiger partial charge on any atom is 0.292 e. The molecule has 1 heterocycles. The van der Waals surface area contributed by atoms with E-state index in [9.17, 15) is 10.1 Å². The molecular formula is C13H16N4O3. The van der Waals surface area contributed by atoms with E-state index < -0.39 is 4.92 Å². The number of imidazole rings is 1. The Morgan fingerprint density at radius 3 is 3.00 bits per heavy atom. The number of nitrogens with one attached hydrogen (secondary N) is 2. The van der Waals surface area contributed by atoms with Gasteiger partial charge in [-0.25, -0.2) is 4.98 Å². The summed E-state index contributed by atoms with van der Waals surface area (Å²) in [5, 5.41) is 14.0. The Morgan fingerprint density at radius 2 is 2.35 bits per heavy atom. The first-order valence-corrected chi connectivity index (χ1v) is 6.25. The quantitative estimate of drug-likeness (QED) is 0.460. The van der Waals surface area contributed by atoms with Crippen LogP contribution in [0.3, 0.4) is 0 Å². The predicted octanol–water partition coefficient (Wildman–Crippen LogP) is 2.37. The Bertz CT molecular complexity index is 569. The Morgan fingerprint density at radius 1 is 1.50 bits per heavy atom. The van der Waals surface area contributed by atoms with Crippen LogP contribution in [0, 0.1) is 10.1 Å². The number of benzene rings is 1. The maximum atomic E-state index is 11.0. The molecule has 0 bridgehead atoms. The first kappa shape index (κ1) is 13.9. The van der Waals surface area contributed by atoms with Crippen LogP contribution in [0.1, 0.15) is 12.2 Å². The number of hydrogen-bond acceptors (Lipinski definition) is 5. The second-order valence-corrected chi connectivity index (χ2v) is 4.21. The van der Waals surface area contributed by atoms with E-state index in [1.807, 2.05) is 0 Å². The maximum absolute atomic E-state index is 11.0. The largest absolute Gasteiger partial charge is 0.497 e. The zero-order chi connectivity index (χ0) is 14.4. The van der Waals surface area contributed by atoms with Crippen molar-refractivity contribution in [3.05, 3.63) is 46.5 Å². The molecule has 0 aliphatic carbocycles. The molecule has 2 rings (SSSR count). The number of aryl methyl sites for hydroxylation is 1. The highest BCUT2D eigenvalue weighted by Gasteiger charge is 2.14. The molecule has 0 unspecified atom stereocenters. The van der Waals surface area contributed by atoms with E-state index >= 15 is 0 Å². The highest BCUT2D eigenvalue weighted by Crippen LogP contribution is 2.28. The summed E-state index contributed by atoms with van der Waals surface area (Å²) < 4.78 is 5.08. The first-order chi connectivity index (χ1) is 9.70. The van der Waals surface area contributed by atoms with Gasteiger partial charge in [0.25, 0.3) is 5.69 Å². The highest BCUT2D eigenvalue weighted by molar-refractivity contribution is 5.64. The molecule has 0 saturated heterocycles. The number of anilines is 1. The fourth-order valence-electron chi connectivity index (χ4n) is 1.86. The molecule has 0 radical (unpaired) electrons. The Hall–Kier alpha value is -2.57. The standard InChI is InChI=1S/C13H16N4O3/c1-20-10-4-5-12(17(18)19)11(9-10)14-6-2-3-13-15-7-8-16-13/h4-5,7-9,14H,2-3,6H2,1H3,(H,15,16). The van der Waals surface area contributed by atoms with Crippen molar-refractivity contribution in [2.45, 2.75) is 12.8 Å². The number of nitro groups is 1. The molecule has 7 nitrogen and oxygen atoms in total. The lowest BCUT2D eigenvalue weighted by molar-refractivity contribution is -0.384. The van der Waals surface area contributed by atoms with Crippen LogP contribution in [0.2, 0.25) is 0 Å². The third-order valence-corrected chi connectivity index (χ3v) is 2.86. The molecule has 0 saturated carbocycles. The van der Waals surface area contributed by atoms with Gasteiger partial charge in [-0.15, -0.1) is 0 Å². The van der Waals surface area contributed by atoms with Gasteiger partial charge in [-0.05, 0) is 12.5 Å². The van der Waals surface area contributed by atoms with Gasteiger partial charge >= 0.3 is 0 Å². The van der Waals surface area contributed by atoms with Crippen LogP contribution < -0.4 is 10.1 Å². The Labute approximate surface area is 116 Å². The lowest BCUT2D eigenvalue weighted by Gasteiger charge is -2.08. The average Bonchev–Trinajstić information content (AvgIpc) is 2.96. The summed E-state index contributed by atoms with van der Waals surface area (Å²) in [6, 6.07) is 4.64. The van der Waals surface area contributed by atoms with Crippen LogP contribution in [0.5, 0.6) is 5.75 Å². The van der Waals surface area contributed by atoms with Gasteiger partial charge in [-0.1, -0.05) is 0 Å². The zero-order valence-corrected chi connectivity index (χ0v) is 11.1. The van der Waals surface area contributed by atoms with Crippen molar-refractivity contribution in [2.24, 2.45) is 0 Å². The predicted molar refractivity (Wildman–Crippen MR) is 75.0 cm³/mol. The third kappa shape index (κ3) is 3.47. The molecule has 1 aromatic carbocycles. The van der Waals surface area contributed by atoms with Gasteiger partial charge in [-0.2, -0.15) is 0 Å². The van der Waals surface area contributed by atoms with Crippen LogP contribution in [-0.2, 0) is 6.42 Å². The van der Waals surface area contributed by atoms with Crippen molar-refractivity contribution < 1.29 is 9.66 Å². The van der Waals surface area contributed by atoms with Crippen LogP contribution >= 0.6 is 0 Å². The van der Waals surface area contributed by atoms with Gasteiger partial charge in [0.15, 0.2) is 0 Å². The van der Waals surface area contributed by atoms with Gasteiger partial charge in [-0.3, -0.25) is 10.1 Å². The molecule has 0 atom stereocenters. The van der Waals surface area contributed by atoms with E-state index in [0.29, 0.717) is 18.0 Å². The van der Waals surface area contributed by atoms with Crippen molar-refractivity contribution in [2.75, 3.05) is 19.0 Å². The Balaban J connectivity index is 1.95. The number of rotatable bonds is 7. The van der Waals surface area contributed by atoms with Crippen molar-refractivity contribution in [1.29, 1.82) is 0 Å². The van der Waals surface area contributed by atoms with Crippen molar-refractivity contribution in [3.8, 4) is 5.75 Å². The molecule has 0 spiro atoms. The number of H-pyrrole nitrogens is 1.